The third kappa shape index (κ3) is 3.82. The number of nitrogen functional groups attached to an aromatic ring is 1. The number of amides is 1. The summed E-state index contributed by atoms with van der Waals surface area (Å²) in [5, 5.41) is 1.86. The van der Waals surface area contributed by atoms with Crippen molar-refractivity contribution in [1.29, 1.82) is 0 Å². The van der Waals surface area contributed by atoms with Crippen LogP contribution in [0.3, 0.4) is 0 Å². The topological polar surface area (TPSA) is 115 Å². The Morgan fingerprint density at radius 3 is 2.57 bits per heavy atom. The first-order valence-electron chi connectivity index (χ1n) is 5.71. The van der Waals surface area contributed by atoms with Crippen molar-refractivity contribution in [1.82, 2.24) is 4.72 Å². The molecule has 1 aromatic carbocycles. The fourth-order valence-corrected chi connectivity index (χ4v) is 4.24. The van der Waals surface area contributed by atoms with Gasteiger partial charge in [0.2, 0.25) is 15.9 Å². The highest BCUT2D eigenvalue weighted by Crippen LogP contribution is 2.22. The highest BCUT2D eigenvalue weighted by atomic mass is 79.9. The lowest BCUT2D eigenvalue weighted by atomic mass is 10.2. The van der Waals surface area contributed by atoms with E-state index in [1.807, 2.05) is 11.4 Å². The second kappa shape index (κ2) is 6.14. The number of carbonyl (C=O) groups is 1. The van der Waals surface area contributed by atoms with E-state index in [9.17, 15) is 13.2 Å². The Morgan fingerprint density at radius 2 is 2.05 bits per heavy atom. The van der Waals surface area contributed by atoms with Crippen molar-refractivity contribution in [2.75, 3.05) is 5.73 Å². The molecule has 0 aliphatic carbocycles. The van der Waals surface area contributed by atoms with Gasteiger partial charge >= 0.3 is 0 Å². The molecule has 9 heteroatoms. The van der Waals surface area contributed by atoms with Crippen LogP contribution in [0.15, 0.2) is 39.0 Å². The van der Waals surface area contributed by atoms with Gasteiger partial charge in [0.1, 0.15) is 4.90 Å². The number of thiophene rings is 1. The molecule has 2 rings (SSSR count). The van der Waals surface area contributed by atoms with Gasteiger partial charge < -0.3 is 11.5 Å². The summed E-state index contributed by atoms with van der Waals surface area (Å²) in [4.78, 5) is 11.8. The van der Waals surface area contributed by atoms with Crippen LogP contribution in [0.2, 0.25) is 0 Å². The molecule has 0 saturated heterocycles. The molecule has 1 aromatic heterocycles. The summed E-state index contributed by atoms with van der Waals surface area (Å²) < 4.78 is 27.8. The molecule has 0 aliphatic rings. The number of rotatable bonds is 5. The number of hydrogen-bond acceptors (Lipinski definition) is 5. The molecule has 2 aromatic rings. The zero-order valence-electron chi connectivity index (χ0n) is 10.7. The molecule has 0 radical (unpaired) electrons. The van der Waals surface area contributed by atoms with E-state index in [1.165, 1.54) is 29.5 Å². The standard InChI is InChI=1S/C12H12BrN3O3S2/c13-8-4-9(20-6-8)5-16-21(18,19)11-2-1-7(12(15)17)3-10(11)14/h1-4,6,16H,5,14H2,(H2,15,17). The zero-order valence-corrected chi connectivity index (χ0v) is 13.9. The Hall–Kier alpha value is -1.42. The van der Waals surface area contributed by atoms with Gasteiger partial charge in [-0.05, 0) is 40.2 Å². The number of carbonyl (C=O) groups excluding carboxylic acids is 1. The molecule has 21 heavy (non-hydrogen) atoms. The summed E-state index contributed by atoms with van der Waals surface area (Å²) in [5.74, 6) is -0.665. The van der Waals surface area contributed by atoms with Crippen molar-refractivity contribution in [2.45, 2.75) is 11.4 Å². The lowest BCUT2D eigenvalue weighted by Gasteiger charge is -2.09. The molecule has 0 atom stereocenters. The van der Waals surface area contributed by atoms with Gasteiger partial charge in [0, 0.05) is 26.8 Å². The second-order valence-corrected chi connectivity index (χ2v) is 7.82. The highest BCUT2D eigenvalue weighted by Gasteiger charge is 2.18. The van der Waals surface area contributed by atoms with Gasteiger partial charge in [0.25, 0.3) is 0 Å². The van der Waals surface area contributed by atoms with E-state index in [-0.39, 0.29) is 22.7 Å². The van der Waals surface area contributed by atoms with Crippen molar-refractivity contribution in [3.8, 4) is 0 Å². The SMILES string of the molecule is NC(=O)c1ccc(S(=O)(=O)NCc2cc(Br)cs2)c(N)c1. The third-order valence-corrected chi connectivity index (χ3v) is 5.81. The summed E-state index contributed by atoms with van der Waals surface area (Å²) in [6, 6.07) is 5.67. The van der Waals surface area contributed by atoms with E-state index in [4.69, 9.17) is 11.5 Å². The monoisotopic (exact) mass is 389 g/mol. The van der Waals surface area contributed by atoms with E-state index < -0.39 is 15.9 Å². The van der Waals surface area contributed by atoms with E-state index in [2.05, 4.69) is 20.7 Å². The van der Waals surface area contributed by atoms with Gasteiger partial charge in [0.05, 0.1) is 5.69 Å². The zero-order chi connectivity index (χ0) is 15.6. The number of nitrogens with one attached hydrogen (secondary N) is 1. The van der Waals surface area contributed by atoms with Crippen molar-refractivity contribution in [3.05, 3.63) is 44.6 Å². The second-order valence-electron chi connectivity index (χ2n) is 4.17. The Balaban J connectivity index is 2.21. The lowest BCUT2D eigenvalue weighted by Crippen LogP contribution is -2.24. The van der Waals surface area contributed by atoms with Gasteiger partial charge in [-0.1, -0.05) is 0 Å². The Labute approximate surface area is 134 Å². The van der Waals surface area contributed by atoms with Crippen LogP contribution in [0.25, 0.3) is 0 Å². The first kappa shape index (κ1) is 16.0. The smallest absolute Gasteiger partial charge is 0.248 e. The molecule has 0 unspecified atom stereocenters. The summed E-state index contributed by atoms with van der Waals surface area (Å²) in [6.45, 7) is 0.162. The van der Waals surface area contributed by atoms with Gasteiger partial charge in [-0.15, -0.1) is 11.3 Å². The van der Waals surface area contributed by atoms with Crippen molar-refractivity contribution >= 4 is 48.9 Å². The average Bonchev–Trinajstić information content (AvgIpc) is 2.82. The Kier molecular flexibility index (Phi) is 4.67. The maximum atomic E-state index is 12.2. The molecule has 0 fully saturated rings. The maximum Gasteiger partial charge on any atom is 0.248 e. The molecule has 1 heterocycles. The summed E-state index contributed by atoms with van der Waals surface area (Å²) in [5.41, 5.74) is 10.9. The van der Waals surface area contributed by atoms with Crippen LogP contribution in [0.4, 0.5) is 5.69 Å². The molecule has 112 valence electrons. The van der Waals surface area contributed by atoms with E-state index in [0.717, 1.165) is 9.35 Å². The van der Waals surface area contributed by atoms with E-state index >= 15 is 0 Å². The fraction of sp³-hybridized carbons (Fsp3) is 0.0833. The van der Waals surface area contributed by atoms with E-state index in [1.54, 1.807) is 0 Å². The quantitative estimate of drug-likeness (QED) is 0.674. The Morgan fingerprint density at radius 1 is 1.33 bits per heavy atom. The van der Waals surface area contributed by atoms with Crippen LogP contribution in [-0.4, -0.2) is 14.3 Å². The third-order valence-electron chi connectivity index (χ3n) is 2.64. The fourth-order valence-electron chi connectivity index (χ4n) is 1.64. The number of primary amides is 1. The minimum absolute atomic E-state index is 0.0221. The van der Waals surface area contributed by atoms with Crippen LogP contribution in [-0.2, 0) is 16.6 Å². The van der Waals surface area contributed by atoms with Gasteiger partial charge in [-0.3, -0.25) is 4.79 Å². The van der Waals surface area contributed by atoms with Gasteiger partial charge in [0.15, 0.2) is 0 Å². The van der Waals surface area contributed by atoms with Crippen LogP contribution >= 0.6 is 27.3 Å². The molecule has 0 spiro atoms. The molecular weight excluding hydrogens is 378 g/mol. The summed E-state index contributed by atoms with van der Waals surface area (Å²) in [7, 11) is -3.76. The van der Waals surface area contributed by atoms with Gasteiger partial charge in [-0.25, -0.2) is 13.1 Å². The van der Waals surface area contributed by atoms with Crippen molar-refractivity contribution in [3.63, 3.8) is 0 Å². The van der Waals surface area contributed by atoms with Crippen molar-refractivity contribution in [2.24, 2.45) is 5.73 Å². The van der Waals surface area contributed by atoms with Crippen LogP contribution < -0.4 is 16.2 Å². The number of halogens is 1. The van der Waals surface area contributed by atoms with E-state index in [0.29, 0.717) is 0 Å². The normalized spacial score (nSPS) is 11.5. The molecule has 5 N–H and O–H groups in total. The molecule has 0 bridgehead atoms. The molecular formula is C12H12BrN3O3S2. The number of anilines is 1. The van der Waals surface area contributed by atoms with Crippen molar-refractivity contribution < 1.29 is 13.2 Å². The predicted molar refractivity (Wildman–Crippen MR) is 85.4 cm³/mol. The molecule has 0 aliphatic heterocycles. The summed E-state index contributed by atoms with van der Waals surface area (Å²) >= 11 is 4.73. The maximum absolute atomic E-state index is 12.2. The number of hydrogen-bond donors (Lipinski definition) is 3. The lowest BCUT2D eigenvalue weighted by molar-refractivity contribution is 0.1000. The predicted octanol–water partition coefficient (Wildman–Crippen LogP) is 1.67. The molecule has 1 amide bonds. The highest BCUT2D eigenvalue weighted by molar-refractivity contribution is 9.10. The number of benzene rings is 1. The van der Waals surface area contributed by atoms with Crippen LogP contribution in [0, 0.1) is 0 Å². The largest absolute Gasteiger partial charge is 0.398 e. The first-order chi connectivity index (χ1) is 9.79. The minimum atomic E-state index is -3.76. The average molecular weight is 390 g/mol. The molecule has 0 saturated carbocycles. The van der Waals surface area contributed by atoms with Crippen LogP contribution in [0.1, 0.15) is 15.2 Å². The molecule has 6 nitrogen and oxygen atoms in total. The van der Waals surface area contributed by atoms with Crippen LogP contribution in [0.5, 0.6) is 0 Å². The van der Waals surface area contributed by atoms with Gasteiger partial charge in [-0.2, -0.15) is 0 Å². The first-order valence-corrected chi connectivity index (χ1v) is 8.87. The Bertz CT molecular complexity index is 787. The minimum Gasteiger partial charge on any atom is -0.398 e. The number of sulfonamides is 1. The summed E-state index contributed by atoms with van der Waals surface area (Å²) in [6.07, 6.45) is 0. The number of nitrogens with two attached hydrogens (primary N) is 2.